The number of amides is 1. The topological polar surface area (TPSA) is 96.7 Å². The first-order valence-electron chi connectivity index (χ1n) is 11.1. The van der Waals surface area contributed by atoms with Crippen LogP contribution in [0.2, 0.25) is 25.7 Å². The number of nitrogens with one attached hydrogen (secondary N) is 1. The Morgan fingerprint density at radius 1 is 1.21 bits per heavy atom. The molecule has 0 fully saturated rings. The Morgan fingerprint density at radius 3 is 2.38 bits per heavy atom. The fourth-order valence-electron chi connectivity index (χ4n) is 3.01. The number of halogens is 1. The zero-order valence-corrected chi connectivity index (χ0v) is 23.4. The molecular weight excluding hydrogens is 479 g/mol. The van der Waals surface area contributed by atoms with E-state index >= 15 is 4.39 Å². The highest BCUT2D eigenvalue weighted by molar-refractivity contribution is 7.98. The average Bonchev–Trinajstić information content (AvgIpc) is 3.02. The molecule has 9 nitrogen and oxygen atoms in total. The largest absolute Gasteiger partial charge is 0.470 e. The van der Waals surface area contributed by atoms with Crippen molar-refractivity contribution in [1.29, 1.82) is 0 Å². The van der Waals surface area contributed by atoms with Gasteiger partial charge in [-0.2, -0.15) is 4.98 Å². The van der Waals surface area contributed by atoms with E-state index in [1.54, 1.807) is 6.26 Å². The van der Waals surface area contributed by atoms with Crippen LogP contribution in [0.25, 0.3) is 11.0 Å². The zero-order chi connectivity index (χ0) is 25.7. The van der Waals surface area contributed by atoms with Gasteiger partial charge in [-0.15, -0.1) is 0 Å². The number of nitrogens with zero attached hydrogens (tertiary/aromatic N) is 3. The summed E-state index contributed by atoms with van der Waals surface area (Å²) in [5.74, 6) is -1.21. The van der Waals surface area contributed by atoms with Gasteiger partial charge in [0.25, 0.3) is 5.91 Å². The quantitative estimate of drug-likeness (QED) is 0.148. The van der Waals surface area contributed by atoms with E-state index in [1.165, 1.54) is 30.5 Å². The van der Waals surface area contributed by atoms with Crippen LogP contribution in [-0.2, 0) is 20.9 Å². The molecule has 0 aromatic carbocycles. The fourth-order valence-corrected chi connectivity index (χ4v) is 4.13. The van der Waals surface area contributed by atoms with Crippen molar-refractivity contribution in [2.24, 2.45) is 0 Å². The molecule has 0 aliphatic rings. The molecule has 0 saturated carbocycles. The van der Waals surface area contributed by atoms with Crippen molar-refractivity contribution in [3.63, 3.8) is 0 Å². The minimum Gasteiger partial charge on any atom is -0.470 e. The summed E-state index contributed by atoms with van der Waals surface area (Å²) in [5, 5.41) is 3.00. The third kappa shape index (κ3) is 7.64. The van der Waals surface area contributed by atoms with Crippen molar-refractivity contribution in [3.8, 4) is 5.88 Å². The predicted octanol–water partition coefficient (Wildman–Crippen LogP) is 4.13. The number of thioether (sulfide) groups is 1. The molecule has 34 heavy (non-hydrogen) atoms. The van der Waals surface area contributed by atoms with Crippen molar-refractivity contribution in [1.82, 2.24) is 19.9 Å². The third-order valence-corrected chi connectivity index (χ3v) is 7.01. The van der Waals surface area contributed by atoms with Crippen LogP contribution < -0.4 is 10.1 Å². The number of fused-ring (bicyclic) bond motifs is 1. The molecule has 0 spiro atoms. The second-order valence-electron chi connectivity index (χ2n) is 9.98. The molecule has 12 heteroatoms. The predicted molar refractivity (Wildman–Crippen MR) is 134 cm³/mol. The van der Waals surface area contributed by atoms with Gasteiger partial charge in [0.15, 0.2) is 17.3 Å². The van der Waals surface area contributed by atoms with Gasteiger partial charge in [-0.3, -0.25) is 4.79 Å². The molecular formula is C22H37FN4O5SSi. The lowest BCUT2D eigenvalue weighted by molar-refractivity contribution is -0.0975. The van der Waals surface area contributed by atoms with Gasteiger partial charge < -0.3 is 28.8 Å². The Bertz CT molecular complexity index is 987. The lowest BCUT2D eigenvalue weighted by Gasteiger charge is -2.22. The first kappa shape index (κ1) is 28.5. The standard InChI is InChI=1S/C22H37FN4O5SSi/c1-22(2,3)32-20-18-16(25-21(26-20)33-6)15(23)17(19(28)24-12-14(29-4)30-5)27(18)13-31-10-11-34(7,8)9/h14H,10-13H2,1-9H3,(H,24,28). The smallest absolute Gasteiger partial charge is 0.271 e. The number of methoxy groups -OCH3 is 2. The van der Waals surface area contributed by atoms with E-state index in [0.717, 1.165) is 6.04 Å². The number of hydrogen-bond acceptors (Lipinski definition) is 8. The highest BCUT2D eigenvalue weighted by Gasteiger charge is 2.30. The Hall–Kier alpha value is -1.73. The molecule has 0 aliphatic heterocycles. The number of carbonyl (C=O) groups excluding carboxylic acids is 1. The summed E-state index contributed by atoms with van der Waals surface area (Å²) in [4.78, 5) is 21.9. The van der Waals surface area contributed by atoms with E-state index in [9.17, 15) is 4.79 Å². The van der Waals surface area contributed by atoms with Gasteiger partial charge in [0.2, 0.25) is 5.88 Å². The lowest BCUT2D eigenvalue weighted by atomic mass is 10.2. The van der Waals surface area contributed by atoms with Gasteiger partial charge in [-0.1, -0.05) is 31.4 Å². The minimum absolute atomic E-state index is 0.00702. The second-order valence-corrected chi connectivity index (χ2v) is 16.4. The summed E-state index contributed by atoms with van der Waals surface area (Å²) < 4.78 is 39.4. The van der Waals surface area contributed by atoms with Crippen molar-refractivity contribution in [2.75, 3.05) is 33.6 Å². The third-order valence-electron chi connectivity index (χ3n) is 4.76. The first-order valence-corrected chi connectivity index (χ1v) is 16.0. The molecule has 0 radical (unpaired) electrons. The molecule has 0 atom stereocenters. The van der Waals surface area contributed by atoms with E-state index in [2.05, 4.69) is 34.9 Å². The minimum atomic E-state index is -1.34. The van der Waals surface area contributed by atoms with Gasteiger partial charge in [0, 0.05) is 28.9 Å². The molecule has 1 N–H and O–H groups in total. The van der Waals surface area contributed by atoms with Gasteiger partial charge in [-0.05, 0) is 33.1 Å². The number of aromatic nitrogens is 3. The van der Waals surface area contributed by atoms with E-state index in [4.69, 9.17) is 18.9 Å². The molecule has 192 valence electrons. The average molecular weight is 517 g/mol. The zero-order valence-electron chi connectivity index (χ0n) is 21.6. The van der Waals surface area contributed by atoms with Crippen LogP contribution in [0.15, 0.2) is 5.16 Å². The maximum Gasteiger partial charge on any atom is 0.271 e. The summed E-state index contributed by atoms with van der Waals surface area (Å²) in [6.07, 6.45) is 1.13. The summed E-state index contributed by atoms with van der Waals surface area (Å²) in [7, 11) is 1.58. The normalized spacial score (nSPS) is 12.6. The Balaban J connectivity index is 2.58. The lowest BCUT2D eigenvalue weighted by Crippen LogP contribution is -2.35. The first-order chi connectivity index (χ1) is 15.8. The van der Waals surface area contributed by atoms with Crippen LogP contribution in [0, 0.1) is 5.82 Å². The summed E-state index contributed by atoms with van der Waals surface area (Å²) >= 11 is 1.26. The van der Waals surface area contributed by atoms with Crippen molar-refractivity contribution in [3.05, 3.63) is 11.5 Å². The van der Waals surface area contributed by atoms with Crippen LogP contribution in [0.3, 0.4) is 0 Å². The molecule has 2 rings (SSSR count). The Labute approximate surface area is 206 Å². The van der Waals surface area contributed by atoms with Crippen molar-refractivity contribution in [2.45, 2.75) is 70.2 Å². The maximum absolute atomic E-state index is 15.7. The van der Waals surface area contributed by atoms with E-state index in [1.807, 2.05) is 20.8 Å². The SMILES string of the molecule is COC(CNC(=O)c1c(F)c2nc(SC)nc(OC(C)(C)C)c2n1COCC[Si](C)(C)C)OC. The van der Waals surface area contributed by atoms with Crippen LogP contribution in [-0.4, -0.2) is 74.0 Å². The molecule has 2 aromatic rings. The van der Waals surface area contributed by atoms with Crippen molar-refractivity contribution >= 4 is 36.8 Å². The Morgan fingerprint density at radius 2 is 1.85 bits per heavy atom. The van der Waals surface area contributed by atoms with Gasteiger partial charge >= 0.3 is 0 Å². The maximum atomic E-state index is 15.7. The monoisotopic (exact) mass is 516 g/mol. The summed E-state index contributed by atoms with van der Waals surface area (Å²) in [6.45, 7) is 12.8. The highest BCUT2D eigenvalue weighted by Crippen LogP contribution is 2.33. The number of hydrogen-bond donors (Lipinski definition) is 1. The van der Waals surface area contributed by atoms with Crippen LogP contribution in [0.5, 0.6) is 5.88 Å². The summed E-state index contributed by atoms with van der Waals surface area (Å²) in [5.41, 5.74) is -0.528. The van der Waals surface area contributed by atoms with E-state index in [0.29, 0.717) is 11.8 Å². The number of ether oxygens (including phenoxy) is 4. The van der Waals surface area contributed by atoms with Crippen molar-refractivity contribution < 1.29 is 28.1 Å². The molecule has 0 aliphatic carbocycles. The van der Waals surface area contributed by atoms with Gasteiger partial charge in [-0.25, -0.2) is 9.37 Å². The number of rotatable bonds is 12. The molecule has 0 bridgehead atoms. The van der Waals surface area contributed by atoms with Gasteiger partial charge in [0.05, 0.1) is 6.54 Å². The summed E-state index contributed by atoms with van der Waals surface area (Å²) in [6, 6.07) is 0.929. The molecule has 2 heterocycles. The molecule has 1 amide bonds. The fraction of sp³-hybridized carbons (Fsp3) is 0.682. The van der Waals surface area contributed by atoms with Crippen LogP contribution >= 0.6 is 11.8 Å². The van der Waals surface area contributed by atoms with Gasteiger partial charge in [0.1, 0.15) is 29.1 Å². The highest BCUT2D eigenvalue weighted by atomic mass is 32.2. The second kappa shape index (κ2) is 11.8. The Kier molecular flexibility index (Phi) is 9.89. The molecule has 2 aromatic heterocycles. The number of carbonyl (C=O) groups is 1. The van der Waals surface area contributed by atoms with E-state index < -0.39 is 31.7 Å². The van der Waals surface area contributed by atoms with E-state index in [-0.39, 0.29) is 35.9 Å². The molecule has 0 unspecified atom stereocenters. The molecule has 0 saturated heterocycles. The van der Waals surface area contributed by atoms with Crippen LogP contribution in [0.1, 0.15) is 31.3 Å². The van der Waals surface area contributed by atoms with Crippen LogP contribution in [0.4, 0.5) is 4.39 Å².